The van der Waals surface area contributed by atoms with Gasteiger partial charge in [0, 0.05) is 32.8 Å². The molecule has 2 aromatic rings. The van der Waals surface area contributed by atoms with E-state index in [0.29, 0.717) is 17.3 Å². The molecule has 1 aliphatic rings. The maximum Gasteiger partial charge on any atom is 0.343 e. The van der Waals surface area contributed by atoms with E-state index in [1.807, 2.05) is 0 Å². The Kier molecular flexibility index (Phi) is 4.75. The monoisotopic (exact) mass is 352 g/mol. The Labute approximate surface area is 144 Å². The van der Waals surface area contributed by atoms with Crippen molar-refractivity contribution < 1.29 is 4.79 Å². The highest BCUT2D eigenvalue weighted by atomic mass is 35.5. The van der Waals surface area contributed by atoms with Crippen molar-refractivity contribution in [3.05, 3.63) is 33.2 Å². The Morgan fingerprint density at radius 2 is 2.17 bits per heavy atom. The van der Waals surface area contributed by atoms with Gasteiger partial charge in [-0.3, -0.25) is 14.0 Å². The molecular weight excluding hydrogens is 332 g/mol. The molecule has 0 radical (unpaired) electrons. The van der Waals surface area contributed by atoms with Gasteiger partial charge in [-0.2, -0.15) is 10.2 Å². The molecule has 8 nitrogen and oxygen atoms in total. The second-order valence-corrected chi connectivity index (χ2v) is 6.74. The lowest BCUT2D eigenvalue weighted by atomic mass is 9.82. The first kappa shape index (κ1) is 16.8. The summed E-state index contributed by atoms with van der Waals surface area (Å²) in [6.07, 6.45) is 6.32. The first-order valence-electron chi connectivity index (χ1n) is 8.06. The number of hydrogen-bond donors (Lipinski definition) is 2. The Morgan fingerprint density at radius 3 is 2.79 bits per heavy atom. The maximum absolute atomic E-state index is 12.5. The average molecular weight is 353 g/mol. The summed E-state index contributed by atoms with van der Waals surface area (Å²) in [5, 5.41) is 14.1. The molecule has 130 valence electrons. The van der Waals surface area contributed by atoms with Gasteiger partial charge in [0.1, 0.15) is 5.82 Å². The number of nitrogens with zero attached hydrogens (tertiary/aromatic N) is 4. The number of carbonyl (C=O) groups excluding carboxylic acids is 1. The van der Waals surface area contributed by atoms with Crippen LogP contribution in [0.3, 0.4) is 0 Å². The first-order valence-corrected chi connectivity index (χ1v) is 8.43. The first-order chi connectivity index (χ1) is 11.5. The van der Waals surface area contributed by atoms with Crippen LogP contribution >= 0.6 is 11.6 Å². The van der Waals surface area contributed by atoms with Crippen LogP contribution in [0.1, 0.15) is 42.0 Å². The predicted molar refractivity (Wildman–Crippen MR) is 89.0 cm³/mol. The third kappa shape index (κ3) is 3.38. The smallest absolute Gasteiger partial charge is 0.343 e. The molecule has 1 amide bonds. The minimum Gasteiger partial charge on any atom is -0.348 e. The van der Waals surface area contributed by atoms with Crippen molar-refractivity contribution in [3.8, 4) is 0 Å². The zero-order chi connectivity index (χ0) is 17.3. The van der Waals surface area contributed by atoms with Gasteiger partial charge in [0.15, 0.2) is 5.69 Å². The van der Waals surface area contributed by atoms with E-state index in [1.165, 1.54) is 9.25 Å². The SMILES string of the molecule is Cn1cc(Cl)c(C(=O)N[C@@H]2CCCC[C@@H]2Cc2n[nH]c(=O)n2C)n1. The van der Waals surface area contributed by atoms with Crippen molar-refractivity contribution in [1.82, 2.24) is 29.9 Å². The summed E-state index contributed by atoms with van der Waals surface area (Å²) in [6, 6.07) is 0.0242. The number of hydrogen-bond acceptors (Lipinski definition) is 4. The highest BCUT2D eigenvalue weighted by Crippen LogP contribution is 2.27. The molecule has 1 fully saturated rings. The molecule has 1 saturated carbocycles. The lowest BCUT2D eigenvalue weighted by molar-refractivity contribution is 0.0899. The Morgan fingerprint density at radius 1 is 1.42 bits per heavy atom. The number of amides is 1. The van der Waals surface area contributed by atoms with Crippen molar-refractivity contribution in [3.63, 3.8) is 0 Å². The molecule has 0 aliphatic heterocycles. The fourth-order valence-electron chi connectivity index (χ4n) is 3.29. The van der Waals surface area contributed by atoms with Gasteiger partial charge in [0.05, 0.1) is 5.02 Å². The molecule has 0 aromatic carbocycles. The molecule has 24 heavy (non-hydrogen) atoms. The van der Waals surface area contributed by atoms with Crippen LogP contribution < -0.4 is 11.0 Å². The molecule has 0 saturated heterocycles. The molecule has 0 spiro atoms. The summed E-state index contributed by atoms with van der Waals surface area (Å²) in [7, 11) is 3.43. The number of aromatic amines is 1. The van der Waals surface area contributed by atoms with E-state index in [1.54, 1.807) is 20.3 Å². The van der Waals surface area contributed by atoms with Crippen molar-refractivity contribution >= 4 is 17.5 Å². The third-order valence-electron chi connectivity index (χ3n) is 4.64. The number of halogens is 1. The van der Waals surface area contributed by atoms with Gasteiger partial charge >= 0.3 is 5.69 Å². The van der Waals surface area contributed by atoms with Crippen LogP contribution in [0.2, 0.25) is 5.02 Å². The van der Waals surface area contributed by atoms with Crippen molar-refractivity contribution in [1.29, 1.82) is 0 Å². The number of carbonyl (C=O) groups is 1. The van der Waals surface area contributed by atoms with Gasteiger partial charge in [0.25, 0.3) is 5.91 Å². The quantitative estimate of drug-likeness (QED) is 0.858. The molecule has 3 rings (SSSR count). The van der Waals surface area contributed by atoms with Gasteiger partial charge in [0.2, 0.25) is 0 Å². The topological polar surface area (TPSA) is 97.6 Å². The summed E-state index contributed by atoms with van der Waals surface area (Å²) < 4.78 is 3.04. The summed E-state index contributed by atoms with van der Waals surface area (Å²) >= 11 is 6.05. The van der Waals surface area contributed by atoms with Gasteiger partial charge in [-0.1, -0.05) is 24.4 Å². The van der Waals surface area contributed by atoms with Crippen LogP contribution in [0.5, 0.6) is 0 Å². The zero-order valence-electron chi connectivity index (χ0n) is 13.8. The molecular formula is C15H21ClN6O2. The Hall–Kier alpha value is -2.09. The second-order valence-electron chi connectivity index (χ2n) is 6.33. The minimum atomic E-state index is -0.256. The standard InChI is InChI=1S/C15H21ClN6O2/c1-21-8-10(16)13(20-21)14(23)17-11-6-4-3-5-9(11)7-12-18-19-15(24)22(12)2/h8-9,11H,3-7H2,1-2H3,(H,17,23)(H,19,24)/t9-,11-/m1/s1. The summed E-state index contributed by atoms with van der Waals surface area (Å²) in [4.78, 5) is 24.0. The fourth-order valence-corrected chi connectivity index (χ4v) is 3.55. The molecule has 0 unspecified atom stereocenters. The molecule has 9 heteroatoms. The largest absolute Gasteiger partial charge is 0.348 e. The van der Waals surface area contributed by atoms with E-state index >= 15 is 0 Å². The Balaban J connectivity index is 1.72. The van der Waals surface area contributed by atoms with Gasteiger partial charge in [-0.15, -0.1) is 0 Å². The minimum absolute atomic E-state index is 0.0242. The van der Waals surface area contributed by atoms with Crippen molar-refractivity contribution in [2.75, 3.05) is 0 Å². The summed E-state index contributed by atoms with van der Waals surface area (Å²) in [5.74, 6) is 0.689. The van der Waals surface area contributed by atoms with Crippen LogP contribution in [-0.4, -0.2) is 36.5 Å². The zero-order valence-corrected chi connectivity index (χ0v) is 14.5. The van der Waals surface area contributed by atoms with E-state index in [4.69, 9.17) is 11.6 Å². The molecule has 1 aliphatic carbocycles. The Bertz CT molecular complexity index is 792. The fraction of sp³-hybridized carbons (Fsp3) is 0.600. The highest BCUT2D eigenvalue weighted by Gasteiger charge is 2.29. The number of aryl methyl sites for hydroxylation is 1. The van der Waals surface area contributed by atoms with E-state index in [0.717, 1.165) is 25.7 Å². The molecule has 2 atom stereocenters. The lowest BCUT2D eigenvalue weighted by Gasteiger charge is -2.31. The number of H-pyrrole nitrogens is 1. The maximum atomic E-state index is 12.5. The van der Waals surface area contributed by atoms with Crippen LogP contribution in [0, 0.1) is 5.92 Å². The number of aromatic nitrogens is 5. The van der Waals surface area contributed by atoms with Crippen molar-refractivity contribution in [2.24, 2.45) is 20.0 Å². The van der Waals surface area contributed by atoms with Crippen LogP contribution in [-0.2, 0) is 20.5 Å². The van der Waals surface area contributed by atoms with Crippen LogP contribution in [0.4, 0.5) is 0 Å². The highest BCUT2D eigenvalue weighted by molar-refractivity contribution is 6.33. The average Bonchev–Trinajstić information content (AvgIpc) is 3.05. The summed E-state index contributed by atoms with van der Waals surface area (Å²) in [5.41, 5.74) is 0.0253. The van der Waals surface area contributed by atoms with Crippen LogP contribution in [0.15, 0.2) is 11.0 Å². The normalized spacial score (nSPS) is 21.0. The van der Waals surface area contributed by atoms with Gasteiger partial charge < -0.3 is 5.32 Å². The lowest BCUT2D eigenvalue weighted by Crippen LogP contribution is -2.43. The molecule has 2 N–H and O–H groups in total. The second kappa shape index (κ2) is 6.80. The third-order valence-corrected chi connectivity index (χ3v) is 4.92. The van der Waals surface area contributed by atoms with E-state index in [-0.39, 0.29) is 29.3 Å². The summed E-state index contributed by atoms with van der Waals surface area (Å²) in [6.45, 7) is 0. The van der Waals surface area contributed by atoms with Gasteiger partial charge in [-0.25, -0.2) is 9.89 Å². The molecule has 2 aromatic heterocycles. The van der Waals surface area contributed by atoms with E-state index in [9.17, 15) is 9.59 Å². The predicted octanol–water partition coefficient (Wildman–Crippen LogP) is 1.03. The number of rotatable bonds is 4. The van der Waals surface area contributed by atoms with Crippen molar-refractivity contribution in [2.45, 2.75) is 38.1 Å². The van der Waals surface area contributed by atoms with Gasteiger partial charge in [-0.05, 0) is 18.8 Å². The number of nitrogens with one attached hydrogen (secondary N) is 2. The molecule has 2 heterocycles. The van der Waals surface area contributed by atoms with Crippen LogP contribution in [0.25, 0.3) is 0 Å². The van der Waals surface area contributed by atoms with E-state index in [2.05, 4.69) is 20.6 Å². The van der Waals surface area contributed by atoms with E-state index < -0.39 is 0 Å². The molecule has 0 bridgehead atoms.